The van der Waals surface area contributed by atoms with E-state index in [0.29, 0.717) is 26.1 Å². The molecule has 1 saturated heterocycles. The Bertz CT molecular complexity index is 496. The van der Waals surface area contributed by atoms with Gasteiger partial charge in [0.1, 0.15) is 11.6 Å². The van der Waals surface area contributed by atoms with Gasteiger partial charge in [0.25, 0.3) is 0 Å². The highest BCUT2D eigenvalue weighted by atomic mass is 19.1. The molecule has 0 atom stereocenters. The van der Waals surface area contributed by atoms with E-state index in [-0.39, 0.29) is 11.5 Å². The van der Waals surface area contributed by atoms with Crippen LogP contribution in [0.1, 0.15) is 18.4 Å². The highest BCUT2D eigenvalue weighted by molar-refractivity contribution is 5.87. The highest BCUT2D eigenvalue weighted by Crippen LogP contribution is 2.34. The number of carbonyl (C=O) groups is 1. The largest absolute Gasteiger partial charge is 0.381 e. The molecule has 0 radical (unpaired) electrons. The first-order valence-electron chi connectivity index (χ1n) is 6.05. The van der Waals surface area contributed by atoms with Gasteiger partial charge in [0.15, 0.2) is 0 Å². The van der Waals surface area contributed by atoms with Crippen molar-refractivity contribution in [2.24, 2.45) is 0 Å². The normalized spacial score (nSPS) is 17.8. The van der Waals surface area contributed by atoms with Crippen molar-refractivity contribution < 1.29 is 18.3 Å². The van der Waals surface area contributed by atoms with Gasteiger partial charge in [-0.3, -0.25) is 4.79 Å². The van der Waals surface area contributed by atoms with Gasteiger partial charge in [-0.1, -0.05) is 12.6 Å². The second-order valence-corrected chi connectivity index (χ2v) is 4.51. The van der Waals surface area contributed by atoms with Gasteiger partial charge < -0.3 is 10.1 Å². The quantitative estimate of drug-likeness (QED) is 0.853. The molecule has 19 heavy (non-hydrogen) atoms. The van der Waals surface area contributed by atoms with Crippen molar-refractivity contribution >= 4 is 5.91 Å². The lowest BCUT2D eigenvalue weighted by Crippen LogP contribution is -2.49. The fourth-order valence-corrected chi connectivity index (χ4v) is 2.35. The van der Waals surface area contributed by atoms with Gasteiger partial charge in [-0.2, -0.15) is 0 Å². The van der Waals surface area contributed by atoms with Crippen LogP contribution in [-0.4, -0.2) is 19.1 Å². The Hall–Kier alpha value is -1.75. The summed E-state index contributed by atoms with van der Waals surface area (Å²) in [5.74, 6) is -1.68. The summed E-state index contributed by atoms with van der Waals surface area (Å²) in [6.45, 7) is 4.21. The van der Waals surface area contributed by atoms with Gasteiger partial charge in [0, 0.05) is 24.8 Å². The summed E-state index contributed by atoms with van der Waals surface area (Å²) in [5, 5.41) is 2.76. The van der Waals surface area contributed by atoms with Crippen LogP contribution in [0.5, 0.6) is 0 Å². The fourth-order valence-electron chi connectivity index (χ4n) is 2.35. The average Bonchev–Trinajstić information content (AvgIpc) is 2.39. The van der Waals surface area contributed by atoms with Crippen molar-refractivity contribution in [1.82, 2.24) is 5.32 Å². The molecule has 1 aliphatic heterocycles. The summed E-state index contributed by atoms with van der Waals surface area (Å²) in [5.41, 5.74) is -0.575. The Morgan fingerprint density at radius 3 is 2.63 bits per heavy atom. The molecular formula is C14H15F2NO2. The van der Waals surface area contributed by atoms with Crippen LogP contribution in [-0.2, 0) is 15.1 Å². The summed E-state index contributed by atoms with van der Waals surface area (Å²) in [6.07, 6.45) is 2.02. The summed E-state index contributed by atoms with van der Waals surface area (Å²) >= 11 is 0. The average molecular weight is 267 g/mol. The van der Waals surface area contributed by atoms with Gasteiger partial charge in [-0.05, 0) is 25.0 Å². The molecule has 0 aliphatic carbocycles. The zero-order valence-corrected chi connectivity index (χ0v) is 10.4. The lowest BCUT2D eigenvalue weighted by molar-refractivity contribution is -0.119. The van der Waals surface area contributed by atoms with Gasteiger partial charge in [-0.15, -0.1) is 0 Å². The molecule has 1 amide bonds. The lowest BCUT2D eigenvalue weighted by Gasteiger charge is -2.38. The van der Waals surface area contributed by atoms with Crippen LogP contribution >= 0.6 is 0 Å². The van der Waals surface area contributed by atoms with Crippen LogP contribution < -0.4 is 5.32 Å². The van der Waals surface area contributed by atoms with E-state index in [2.05, 4.69) is 11.9 Å². The molecule has 102 valence electrons. The van der Waals surface area contributed by atoms with Crippen molar-refractivity contribution in [3.63, 3.8) is 0 Å². The van der Waals surface area contributed by atoms with Gasteiger partial charge in [0.05, 0.1) is 5.54 Å². The van der Waals surface area contributed by atoms with Crippen LogP contribution in [0, 0.1) is 11.6 Å². The van der Waals surface area contributed by atoms with E-state index >= 15 is 0 Å². The van der Waals surface area contributed by atoms with Crippen molar-refractivity contribution in [2.75, 3.05) is 13.2 Å². The van der Waals surface area contributed by atoms with Crippen LogP contribution in [0.3, 0.4) is 0 Å². The molecule has 1 aliphatic rings. The molecular weight excluding hydrogens is 252 g/mol. The number of halogens is 2. The van der Waals surface area contributed by atoms with Crippen LogP contribution in [0.25, 0.3) is 0 Å². The number of amides is 1. The third-order valence-corrected chi connectivity index (χ3v) is 3.34. The molecule has 2 rings (SSSR count). The van der Waals surface area contributed by atoms with Crippen molar-refractivity contribution in [3.05, 3.63) is 48.1 Å². The summed E-state index contributed by atoms with van der Waals surface area (Å²) in [6, 6.07) is 3.39. The Morgan fingerprint density at radius 1 is 1.37 bits per heavy atom. The Kier molecular flexibility index (Phi) is 3.95. The molecule has 1 fully saturated rings. The van der Waals surface area contributed by atoms with Crippen LogP contribution in [0.2, 0.25) is 0 Å². The smallest absolute Gasteiger partial charge is 0.244 e. The van der Waals surface area contributed by atoms with E-state index in [4.69, 9.17) is 4.74 Å². The predicted molar refractivity (Wildman–Crippen MR) is 66.4 cm³/mol. The predicted octanol–water partition coefficient (Wildman–Crippen LogP) is 2.27. The van der Waals surface area contributed by atoms with Crippen LogP contribution in [0.15, 0.2) is 30.9 Å². The second kappa shape index (κ2) is 5.48. The molecule has 0 aromatic heterocycles. The molecule has 5 heteroatoms. The molecule has 0 bridgehead atoms. The van der Waals surface area contributed by atoms with E-state index < -0.39 is 17.2 Å². The molecule has 1 aromatic rings. The van der Waals surface area contributed by atoms with E-state index in [1.165, 1.54) is 12.1 Å². The molecule has 0 spiro atoms. The fraction of sp³-hybridized carbons (Fsp3) is 0.357. The zero-order valence-electron chi connectivity index (χ0n) is 10.4. The molecule has 1 aromatic carbocycles. The highest BCUT2D eigenvalue weighted by Gasteiger charge is 2.37. The third kappa shape index (κ3) is 2.81. The first-order valence-corrected chi connectivity index (χ1v) is 6.05. The van der Waals surface area contributed by atoms with Crippen molar-refractivity contribution in [2.45, 2.75) is 18.4 Å². The topological polar surface area (TPSA) is 38.3 Å². The lowest BCUT2D eigenvalue weighted by atomic mass is 9.82. The van der Waals surface area contributed by atoms with Gasteiger partial charge in [0.2, 0.25) is 5.91 Å². The molecule has 0 unspecified atom stereocenters. The number of benzene rings is 1. The molecule has 1 N–H and O–H groups in total. The number of hydrogen-bond acceptors (Lipinski definition) is 2. The Balaban J connectivity index is 2.41. The summed E-state index contributed by atoms with van der Waals surface area (Å²) in [4.78, 5) is 11.6. The Morgan fingerprint density at radius 2 is 2.05 bits per heavy atom. The minimum atomic E-state index is -0.860. The second-order valence-electron chi connectivity index (χ2n) is 4.51. The van der Waals surface area contributed by atoms with E-state index in [0.717, 1.165) is 12.1 Å². The van der Waals surface area contributed by atoms with E-state index in [1.54, 1.807) is 0 Å². The minimum Gasteiger partial charge on any atom is -0.381 e. The SMILES string of the molecule is C=CC(=O)NC1(c2ccc(F)cc2F)CCOCC1. The summed E-state index contributed by atoms with van der Waals surface area (Å²) < 4.78 is 32.2. The van der Waals surface area contributed by atoms with Gasteiger partial charge in [-0.25, -0.2) is 8.78 Å². The van der Waals surface area contributed by atoms with E-state index in [9.17, 15) is 13.6 Å². The monoisotopic (exact) mass is 267 g/mol. The number of ether oxygens (including phenoxy) is 1. The maximum Gasteiger partial charge on any atom is 0.244 e. The standard InChI is InChI=1S/C14H15F2NO2/c1-2-13(18)17-14(5-7-19-8-6-14)11-4-3-10(15)9-12(11)16/h2-4,9H,1,5-8H2,(H,17,18). The first-order chi connectivity index (χ1) is 9.07. The number of carbonyl (C=O) groups excluding carboxylic acids is 1. The van der Waals surface area contributed by atoms with Crippen LogP contribution in [0.4, 0.5) is 8.78 Å². The molecule has 3 nitrogen and oxygen atoms in total. The summed E-state index contributed by atoms with van der Waals surface area (Å²) in [7, 11) is 0. The van der Waals surface area contributed by atoms with Crippen molar-refractivity contribution in [3.8, 4) is 0 Å². The third-order valence-electron chi connectivity index (χ3n) is 3.34. The number of hydrogen-bond donors (Lipinski definition) is 1. The zero-order chi connectivity index (χ0) is 13.9. The molecule has 1 heterocycles. The van der Waals surface area contributed by atoms with E-state index in [1.807, 2.05) is 0 Å². The van der Waals surface area contributed by atoms with Gasteiger partial charge >= 0.3 is 0 Å². The molecule has 0 saturated carbocycles. The number of rotatable bonds is 3. The number of nitrogens with one attached hydrogen (secondary N) is 1. The maximum atomic E-state index is 14.0. The van der Waals surface area contributed by atoms with Crippen molar-refractivity contribution in [1.29, 1.82) is 0 Å². The minimum absolute atomic E-state index is 0.285. The maximum absolute atomic E-state index is 14.0. The Labute approximate surface area is 110 Å². The first kappa shape index (κ1) is 13.7.